The van der Waals surface area contributed by atoms with Crippen LogP contribution >= 0.6 is 0 Å². The Morgan fingerprint density at radius 2 is 2.07 bits per heavy atom. The van der Waals surface area contributed by atoms with Gasteiger partial charge >= 0.3 is 0 Å². The van der Waals surface area contributed by atoms with Crippen molar-refractivity contribution >= 4 is 9.84 Å². The van der Waals surface area contributed by atoms with Crippen LogP contribution in [0.15, 0.2) is 0 Å². The van der Waals surface area contributed by atoms with Crippen LogP contribution in [0.25, 0.3) is 0 Å². The summed E-state index contributed by atoms with van der Waals surface area (Å²) in [5.41, 5.74) is 5.80. The minimum atomic E-state index is -3.01. The zero-order chi connectivity index (χ0) is 10.8. The quantitative estimate of drug-likeness (QED) is 0.735. The van der Waals surface area contributed by atoms with Crippen LogP contribution in [0.4, 0.5) is 0 Å². The number of nitrogens with two attached hydrogens (primary N) is 1. The fourth-order valence-corrected chi connectivity index (χ4v) is 4.07. The highest BCUT2D eigenvalue weighted by atomic mass is 32.2. The van der Waals surface area contributed by atoms with E-state index in [1.54, 1.807) is 0 Å². The van der Waals surface area contributed by atoms with Crippen LogP contribution in [0.1, 0.15) is 19.8 Å². The summed E-state index contributed by atoms with van der Waals surface area (Å²) in [6.45, 7) is 2.20. The fraction of sp³-hybridized carbons (Fsp3) is 1.00. The molecule has 2 N–H and O–H groups in total. The Morgan fingerprint density at radius 1 is 1.43 bits per heavy atom. The molecule has 4 nitrogen and oxygen atoms in total. The summed E-state index contributed by atoms with van der Waals surface area (Å²) >= 11 is 0. The van der Waals surface area contributed by atoms with Crippen molar-refractivity contribution in [3.05, 3.63) is 0 Å². The molecule has 1 rings (SSSR count). The van der Waals surface area contributed by atoms with E-state index < -0.39 is 9.84 Å². The van der Waals surface area contributed by atoms with Crippen LogP contribution < -0.4 is 5.73 Å². The molecule has 84 valence electrons. The van der Waals surface area contributed by atoms with Crippen molar-refractivity contribution in [2.45, 2.75) is 31.1 Å². The van der Waals surface area contributed by atoms with E-state index in [1.807, 2.05) is 6.92 Å². The van der Waals surface area contributed by atoms with Crippen molar-refractivity contribution in [2.24, 2.45) is 11.7 Å². The first-order chi connectivity index (χ1) is 6.49. The highest BCUT2D eigenvalue weighted by Crippen LogP contribution is 2.30. The Hall–Kier alpha value is -0.130. The third kappa shape index (κ3) is 2.46. The second-order valence-electron chi connectivity index (χ2n) is 4.00. The Kier molecular flexibility index (Phi) is 3.92. The first kappa shape index (κ1) is 11.9. The average molecular weight is 221 g/mol. The lowest BCUT2D eigenvalue weighted by atomic mass is 10.1. The molecule has 5 heteroatoms. The van der Waals surface area contributed by atoms with Crippen LogP contribution in [0.2, 0.25) is 0 Å². The number of hydrogen-bond acceptors (Lipinski definition) is 4. The van der Waals surface area contributed by atoms with Gasteiger partial charge < -0.3 is 10.5 Å². The van der Waals surface area contributed by atoms with Crippen molar-refractivity contribution in [1.29, 1.82) is 0 Å². The van der Waals surface area contributed by atoms with Crippen LogP contribution in [0.5, 0.6) is 0 Å². The molecule has 0 spiro atoms. The normalized spacial score (nSPS) is 33.5. The van der Waals surface area contributed by atoms with Gasteiger partial charge in [0.25, 0.3) is 0 Å². The monoisotopic (exact) mass is 221 g/mol. The number of hydrogen-bond donors (Lipinski definition) is 1. The summed E-state index contributed by atoms with van der Waals surface area (Å²) in [6.07, 6.45) is 1.52. The minimum Gasteiger partial charge on any atom is -0.384 e. The van der Waals surface area contributed by atoms with E-state index in [0.717, 1.165) is 6.42 Å². The summed E-state index contributed by atoms with van der Waals surface area (Å²) in [6, 6.07) is 0.0392. The maximum Gasteiger partial charge on any atom is 0.155 e. The SMILES string of the molecule is COCCS(=O)(=O)C1CCC(N)C1C. The fourth-order valence-electron chi connectivity index (χ4n) is 2.02. The number of methoxy groups -OCH3 is 1. The number of rotatable bonds is 4. The molecule has 0 aromatic heterocycles. The van der Waals surface area contributed by atoms with Gasteiger partial charge in [-0.1, -0.05) is 6.92 Å². The Balaban J connectivity index is 2.64. The van der Waals surface area contributed by atoms with Gasteiger partial charge in [0.15, 0.2) is 9.84 Å². The molecule has 0 aromatic carbocycles. The lowest BCUT2D eigenvalue weighted by Crippen LogP contribution is -2.34. The highest BCUT2D eigenvalue weighted by Gasteiger charge is 2.38. The highest BCUT2D eigenvalue weighted by molar-refractivity contribution is 7.92. The summed E-state index contributed by atoms with van der Waals surface area (Å²) < 4.78 is 28.4. The predicted octanol–water partition coefficient (Wildman–Crippen LogP) is 0.173. The van der Waals surface area contributed by atoms with Gasteiger partial charge in [-0.25, -0.2) is 8.42 Å². The van der Waals surface area contributed by atoms with Crippen molar-refractivity contribution in [2.75, 3.05) is 19.5 Å². The average Bonchev–Trinajstić information content (AvgIpc) is 2.45. The van der Waals surface area contributed by atoms with Gasteiger partial charge in [0.1, 0.15) is 0 Å². The molecule has 0 bridgehead atoms. The van der Waals surface area contributed by atoms with E-state index >= 15 is 0 Å². The van der Waals surface area contributed by atoms with Crippen molar-refractivity contribution in [3.63, 3.8) is 0 Å². The maximum atomic E-state index is 11.8. The van der Waals surface area contributed by atoms with Gasteiger partial charge in [-0.2, -0.15) is 0 Å². The molecule has 1 fully saturated rings. The lowest BCUT2D eigenvalue weighted by Gasteiger charge is -2.18. The minimum absolute atomic E-state index is 0.0392. The van der Waals surface area contributed by atoms with Gasteiger partial charge in [0.2, 0.25) is 0 Å². The van der Waals surface area contributed by atoms with E-state index in [0.29, 0.717) is 6.42 Å². The second kappa shape index (κ2) is 4.59. The van der Waals surface area contributed by atoms with Crippen molar-refractivity contribution in [3.8, 4) is 0 Å². The van der Waals surface area contributed by atoms with Gasteiger partial charge in [-0.3, -0.25) is 0 Å². The van der Waals surface area contributed by atoms with Crippen LogP contribution in [-0.4, -0.2) is 39.2 Å². The molecule has 0 radical (unpaired) electrons. The molecule has 1 saturated carbocycles. The molecule has 0 amide bonds. The zero-order valence-corrected chi connectivity index (χ0v) is 9.59. The Bertz CT molecular complexity index is 276. The molecule has 0 heterocycles. The third-order valence-corrected chi connectivity index (χ3v) is 5.40. The van der Waals surface area contributed by atoms with E-state index in [1.165, 1.54) is 7.11 Å². The van der Waals surface area contributed by atoms with Crippen LogP contribution in [0.3, 0.4) is 0 Å². The Labute approximate surface area is 85.7 Å². The van der Waals surface area contributed by atoms with Gasteiger partial charge in [-0.05, 0) is 18.8 Å². The van der Waals surface area contributed by atoms with Crippen molar-refractivity contribution in [1.82, 2.24) is 0 Å². The first-order valence-corrected chi connectivity index (χ1v) is 6.66. The van der Waals surface area contributed by atoms with Gasteiger partial charge in [-0.15, -0.1) is 0 Å². The van der Waals surface area contributed by atoms with Gasteiger partial charge in [0.05, 0.1) is 17.6 Å². The predicted molar refractivity (Wildman–Crippen MR) is 55.8 cm³/mol. The Morgan fingerprint density at radius 3 is 2.50 bits per heavy atom. The number of ether oxygens (including phenoxy) is 1. The van der Waals surface area contributed by atoms with E-state index in [4.69, 9.17) is 10.5 Å². The molecule has 3 unspecified atom stereocenters. The lowest BCUT2D eigenvalue weighted by molar-refractivity contribution is 0.216. The third-order valence-electron chi connectivity index (χ3n) is 3.08. The summed E-state index contributed by atoms with van der Waals surface area (Å²) in [5.74, 6) is 0.197. The molecular formula is C9H19NO3S. The molecule has 1 aliphatic carbocycles. The zero-order valence-electron chi connectivity index (χ0n) is 8.77. The molecule has 0 aliphatic heterocycles. The van der Waals surface area contributed by atoms with Gasteiger partial charge in [0, 0.05) is 13.2 Å². The van der Waals surface area contributed by atoms with E-state index in [9.17, 15) is 8.42 Å². The summed E-state index contributed by atoms with van der Waals surface area (Å²) in [5, 5.41) is -0.257. The van der Waals surface area contributed by atoms with Crippen LogP contribution in [0, 0.1) is 5.92 Å². The maximum absolute atomic E-state index is 11.8. The summed E-state index contributed by atoms with van der Waals surface area (Å²) in [4.78, 5) is 0. The first-order valence-electron chi connectivity index (χ1n) is 4.95. The van der Waals surface area contributed by atoms with Crippen molar-refractivity contribution < 1.29 is 13.2 Å². The standard InChI is InChI=1S/C9H19NO3S/c1-7-8(10)3-4-9(7)14(11,12)6-5-13-2/h7-9H,3-6,10H2,1-2H3. The molecular weight excluding hydrogens is 202 g/mol. The topological polar surface area (TPSA) is 69.4 Å². The molecule has 0 saturated heterocycles. The molecule has 3 atom stereocenters. The smallest absolute Gasteiger partial charge is 0.155 e. The summed E-state index contributed by atoms with van der Waals surface area (Å²) in [7, 11) is -1.50. The molecule has 14 heavy (non-hydrogen) atoms. The second-order valence-corrected chi connectivity index (χ2v) is 6.34. The van der Waals surface area contributed by atoms with E-state index in [2.05, 4.69) is 0 Å². The largest absolute Gasteiger partial charge is 0.384 e. The molecule has 1 aliphatic rings. The van der Waals surface area contributed by atoms with Crippen LogP contribution in [-0.2, 0) is 14.6 Å². The van der Waals surface area contributed by atoms with E-state index in [-0.39, 0.29) is 29.6 Å². The molecule has 0 aromatic rings. The number of sulfone groups is 1.